The fourth-order valence-corrected chi connectivity index (χ4v) is 3.54. The number of rotatable bonds is 7. The molecule has 1 aromatic carbocycles. The van der Waals surface area contributed by atoms with E-state index < -0.39 is 0 Å². The average molecular weight is 347 g/mol. The predicted octanol–water partition coefficient (Wildman–Crippen LogP) is 3.62. The third-order valence-electron chi connectivity index (χ3n) is 3.84. The summed E-state index contributed by atoms with van der Waals surface area (Å²) in [6, 6.07) is 6.04. The highest BCUT2D eigenvalue weighted by atomic mass is 32.1. The van der Waals surface area contributed by atoms with E-state index in [1.807, 2.05) is 25.1 Å². The summed E-state index contributed by atoms with van der Waals surface area (Å²) in [5.74, 6) is 0.555. The van der Waals surface area contributed by atoms with Gasteiger partial charge in [-0.25, -0.2) is 4.98 Å². The van der Waals surface area contributed by atoms with Crippen molar-refractivity contribution in [2.24, 2.45) is 0 Å². The Kier molecular flexibility index (Phi) is 6.34. The Morgan fingerprint density at radius 2 is 2.12 bits per heavy atom. The van der Waals surface area contributed by atoms with E-state index >= 15 is 0 Å². The third-order valence-corrected chi connectivity index (χ3v) is 4.97. The van der Waals surface area contributed by atoms with Gasteiger partial charge in [0.1, 0.15) is 5.75 Å². The van der Waals surface area contributed by atoms with Crippen LogP contribution in [0.4, 0.5) is 5.69 Å². The third kappa shape index (κ3) is 4.79. The predicted molar refractivity (Wildman–Crippen MR) is 99.0 cm³/mol. The first-order chi connectivity index (χ1) is 11.4. The van der Waals surface area contributed by atoms with Crippen LogP contribution in [-0.4, -0.2) is 24.5 Å². The van der Waals surface area contributed by atoms with E-state index in [2.05, 4.69) is 29.5 Å². The maximum Gasteiger partial charge on any atom is 0.221 e. The van der Waals surface area contributed by atoms with Crippen molar-refractivity contribution in [2.45, 2.75) is 40.2 Å². The summed E-state index contributed by atoms with van der Waals surface area (Å²) in [4.78, 5) is 17.1. The van der Waals surface area contributed by atoms with Crippen molar-refractivity contribution in [3.63, 3.8) is 0 Å². The van der Waals surface area contributed by atoms with Crippen molar-refractivity contribution in [3.8, 4) is 5.75 Å². The molecule has 1 aromatic heterocycles. The maximum atomic E-state index is 11.3. The van der Waals surface area contributed by atoms with Gasteiger partial charge >= 0.3 is 0 Å². The van der Waals surface area contributed by atoms with Crippen LogP contribution in [0.5, 0.6) is 5.75 Å². The second-order valence-electron chi connectivity index (χ2n) is 5.81. The summed E-state index contributed by atoms with van der Waals surface area (Å²) < 4.78 is 5.29. The quantitative estimate of drug-likeness (QED) is 0.803. The Morgan fingerprint density at radius 3 is 2.71 bits per heavy atom. The van der Waals surface area contributed by atoms with E-state index in [1.165, 1.54) is 11.8 Å². The lowest BCUT2D eigenvalue weighted by Crippen LogP contribution is -2.21. The number of ether oxygens (including phenoxy) is 1. The molecule has 2 rings (SSSR count). The summed E-state index contributed by atoms with van der Waals surface area (Å²) in [7, 11) is 1.60. The molecule has 0 unspecified atom stereocenters. The lowest BCUT2D eigenvalue weighted by atomic mass is 10.1. The van der Waals surface area contributed by atoms with Crippen molar-refractivity contribution in [3.05, 3.63) is 39.3 Å². The van der Waals surface area contributed by atoms with Gasteiger partial charge in [-0.1, -0.05) is 6.07 Å². The van der Waals surface area contributed by atoms with E-state index in [9.17, 15) is 4.79 Å². The van der Waals surface area contributed by atoms with Gasteiger partial charge in [-0.3, -0.25) is 4.79 Å². The highest BCUT2D eigenvalue weighted by Crippen LogP contribution is 2.28. The normalized spacial score (nSPS) is 12.0. The van der Waals surface area contributed by atoms with E-state index in [0.29, 0.717) is 11.4 Å². The van der Waals surface area contributed by atoms with E-state index in [0.717, 1.165) is 29.2 Å². The average Bonchev–Trinajstić information content (AvgIpc) is 2.84. The fraction of sp³-hybridized carbons (Fsp3) is 0.444. The number of aromatic nitrogens is 1. The standard InChI is InChI=1S/C18H25N3O2S/c1-11(19-9-8-18-12(2)20-14(4)24-18)15-6-7-17(23-5)16(10-15)21-13(3)22/h6-7,10-11,19H,8-9H2,1-5H3,(H,21,22)/t11-/m1/s1. The molecule has 0 aliphatic rings. The van der Waals surface area contributed by atoms with Gasteiger partial charge in [0.2, 0.25) is 5.91 Å². The summed E-state index contributed by atoms with van der Waals surface area (Å²) in [6.45, 7) is 8.59. The van der Waals surface area contributed by atoms with Crippen molar-refractivity contribution in [1.82, 2.24) is 10.3 Å². The van der Waals surface area contributed by atoms with Gasteiger partial charge in [0, 0.05) is 24.4 Å². The van der Waals surface area contributed by atoms with Crippen molar-refractivity contribution < 1.29 is 9.53 Å². The number of benzene rings is 1. The first-order valence-electron chi connectivity index (χ1n) is 8.02. The molecular formula is C18H25N3O2S. The van der Waals surface area contributed by atoms with Crippen LogP contribution >= 0.6 is 11.3 Å². The smallest absolute Gasteiger partial charge is 0.221 e. The Labute approximate surface area is 147 Å². The van der Waals surface area contributed by atoms with E-state index in [-0.39, 0.29) is 11.9 Å². The zero-order chi connectivity index (χ0) is 17.7. The molecule has 1 heterocycles. The Balaban J connectivity index is 1.99. The topological polar surface area (TPSA) is 63.2 Å². The van der Waals surface area contributed by atoms with Crippen LogP contribution in [0.25, 0.3) is 0 Å². The van der Waals surface area contributed by atoms with E-state index in [4.69, 9.17) is 4.74 Å². The number of aryl methyl sites for hydroxylation is 2. The van der Waals surface area contributed by atoms with Gasteiger partial charge in [-0.05, 0) is 44.9 Å². The lowest BCUT2D eigenvalue weighted by Gasteiger charge is -2.17. The molecule has 5 nitrogen and oxygen atoms in total. The molecule has 0 bridgehead atoms. The number of hydrogen-bond acceptors (Lipinski definition) is 5. The lowest BCUT2D eigenvalue weighted by molar-refractivity contribution is -0.114. The van der Waals surface area contributed by atoms with Gasteiger partial charge in [-0.2, -0.15) is 0 Å². The monoisotopic (exact) mass is 347 g/mol. The molecule has 0 aliphatic carbocycles. The summed E-state index contributed by atoms with van der Waals surface area (Å²) in [5.41, 5.74) is 2.94. The van der Waals surface area contributed by atoms with Gasteiger partial charge in [-0.15, -0.1) is 11.3 Å². The van der Waals surface area contributed by atoms with Gasteiger partial charge in [0.15, 0.2) is 0 Å². The first kappa shape index (κ1) is 18.4. The summed E-state index contributed by atoms with van der Waals surface area (Å²) in [5, 5.41) is 7.46. The highest BCUT2D eigenvalue weighted by Gasteiger charge is 2.11. The zero-order valence-electron chi connectivity index (χ0n) is 14.9. The molecule has 0 saturated carbocycles. The number of carbonyl (C=O) groups is 1. The molecule has 0 aliphatic heterocycles. The number of hydrogen-bond donors (Lipinski definition) is 2. The van der Waals surface area contributed by atoms with Gasteiger partial charge in [0.05, 0.1) is 23.5 Å². The second kappa shape index (κ2) is 8.26. The Morgan fingerprint density at radius 1 is 1.38 bits per heavy atom. The van der Waals surface area contributed by atoms with Crippen LogP contribution < -0.4 is 15.4 Å². The first-order valence-corrected chi connectivity index (χ1v) is 8.84. The SMILES string of the molecule is COc1ccc([C@@H](C)NCCc2sc(C)nc2C)cc1NC(C)=O. The van der Waals surface area contributed by atoms with Crippen LogP contribution in [0.2, 0.25) is 0 Å². The van der Waals surface area contributed by atoms with Crippen molar-refractivity contribution in [1.29, 1.82) is 0 Å². The van der Waals surface area contributed by atoms with Crippen LogP contribution in [0.15, 0.2) is 18.2 Å². The highest BCUT2D eigenvalue weighted by molar-refractivity contribution is 7.11. The zero-order valence-corrected chi connectivity index (χ0v) is 15.7. The van der Waals surface area contributed by atoms with E-state index in [1.54, 1.807) is 18.4 Å². The molecule has 0 radical (unpaired) electrons. The van der Waals surface area contributed by atoms with Crippen molar-refractivity contribution in [2.75, 3.05) is 19.0 Å². The minimum absolute atomic E-state index is 0.109. The molecule has 2 aromatic rings. The molecule has 24 heavy (non-hydrogen) atoms. The Bertz CT molecular complexity index is 712. The number of nitrogens with one attached hydrogen (secondary N) is 2. The van der Waals surface area contributed by atoms with Crippen molar-refractivity contribution >= 4 is 22.9 Å². The molecule has 0 fully saturated rings. The minimum Gasteiger partial charge on any atom is -0.495 e. The number of anilines is 1. The molecule has 2 N–H and O–H groups in total. The van der Waals surface area contributed by atoms with Crippen LogP contribution in [0.3, 0.4) is 0 Å². The number of carbonyl (C=O) groups excluding carboxylic acids is 1. The number of methoxy groups -OCH3 is 1. The molecule has 1 amide bonds. The molecule has 1 atom stereocenters. The Hall–Kier alpha value is -1.92. The fourth-order valence-electron chi connectivity index (χ4n) is 2.61. The minimum atomic E-state index is -0.109. The maximum absolute atomic E-state index is 11.3. The van der Waals surface area contributed by atoms with Gasteiger partial charge in [0.25, 0.3) is 0 Å². The second-order valence-corrected chi connectivity index (χ2v) is 7.10. The number of amides is 1. The van der Waals surface area contributed by atoms with Crippen LogP contribution in [0.1, 0.15) is 41.0 Å². The largest absolute Gasteiger partial charge is 0.495 e. The summed E-state index contributed by atoms with van der Waals surface area (Å²) >= 11 is 1.76. The van der Waals surface area contributed by atoms with Gasteiger partial charge < -0.3 is 15.4 Å². The molecular weight excluding hydrogens is 322 g/mol. The van der Waals surface area contributed by atoms with Crippen LogP contribution in [-0.2, 0) is 11.2 Å². The molecule has 130 valence electrons. The number of nitrogens with zero attached hydrogens (tertiary/aromatic N) is 1. The van der Waals surface area contributed by atoms with Crippen LogP contribution in [0, 0.1) is 13.8 Å². The summed E-state index contributed by atoms with van der Waals surface area (Å²) in [6.07, 6.45) is 0.969. The molecule has 6 heteroatoms. The molecule has 0 saturated heterocycles. The molecule has 0 spiro atoms. The number of thiazole rings is 1.